The predicted molar refractivity (Wildman–Crippen MR) is 73.4 cm³/mol. The van der Waals surface area contributed by atoms with Crippen molar-refractivity contribution in [1.29, 1.82) is 0 Å². The summed E-state index contributed by atoms with van der Waals surface area (Å²) in [5, 5.41) is 0. The van der Waals surface area contributed by atoms with Crippen molar-refractivity contribution >= 4 is 43.5 Å². The summed E-state index contributed by atoms with van der Waals surface area (Å²) in [6, 6.07) is 3.54. The van der Waals surface area contributed by atoms with Crippen molar-refractivity contribution in [2.75, 3.05) is 11.4 Å². The van der Waals surface area contributed by atoms with Crippen LogP contribution >= 0.6 is 31.9 Å². The molecular weight excluding hydrogens is 391 g/mol. The van der Waals surface area contributed by atoms with Gasteiger partial charge in [0.25, 0.3) is 0 Å². The Labute approximate surface area is 125 Å². The van der Waals surface area contributed by atoms with Gasteiger partial charge < -0.3 is 4.90 Å². The van der Waals surface area contributed by atoms with Crippen LogP contribution in [0.4, 0.5) is 18.9 Å². The number of benzene rings is 1. The maximum absolute atomic E-state index is 12.8. The molecule has 7 heteroatoms. The Morgan fingerprint density at radius 1 is 1.26 bits per heavy atom. The number of carbonyl (C=O) groups excluding carboxylic acids is 1. The molecule has 1 aliphatic heterocycles. The number of hydrogen-bond donors (Lipinski definition) is 0. The Balaban J connectivity index is 2.39. The van der Waals surface area contributed by atoms with Crippen molar-refractivity contribution in [3.05, 3.63) is 28.2 Å². The molecule has 19 heavy (non-hydrogen) atoms. The first kappa shape index (κ1) is 14.8. The van der Waals surface area contributed by atoms with Crippen molar-refractivity contribution in [3.8, 4) is 0 Å². The summed E-state index contributed by atoms with van der Waals surface area (Å²) < 4.78 is 38.6. The lowest BCUT2D eigenvalue weighted by atomic mass is 10.1. The summed E-state index contributed by atoms with van der Waals surface area (Å²) in [6.45, 7) is 0.439. The van der Waals surface area contributed by atoms with Crippen LogP contribution in [-0.2, 0) is 11.0 Å². The molecule has 1 unspecified atom stereocenters. The van der Waals surface area contributed by atoms with E-state index >= 15 is 0 Å². The van der Waals surface area contributed by atoms with E-state index in [-0.39, 0.29) is 16.4 Å². The molecule has 0 radical (unpaired) electrons. The first-order valence-corrected chi connectivity index (χ1v) is 7.33. The molecule has 1 atom stereocenters. The molecule has 0 N–H and O–H groups in total. The molecule has 1 heterocycles. The van der Waals surface area contributed by atoms with Crippen molar-refractivity contribution in [1.82, 2.24) is 0 Å². The fraction of sp³-hybridized carbons (Fsp3) is 0.417. The van der Waals surface area contributed by atoms with Gasteiger partial charge in [0.1, 0.15) is 0 Å². The third-order valence-corrected chi connectivity index (χ3v) is 4.20. The lowest BCUT2D eigenvalue weighted by molar-refractivity contribution is -0.137. The number of halogens is 5. The molecule has 0 spiro atoms. The van der Waals surface area contributed by atoms with Crippen molar-refractivity contribution in [2.24, 2.45) is 0 Å². The van der Waals surface area contributed by atoms with Gasteiger partial charge in [-0.2, -0.15) is 13.2 Å². The van der Waals surface area contributed by atoms with Crippen LogP contribution in [0.15, 0.2) is 22.7 Å². The average molecular weight is 401 g/mol. The number of rotatable bonds is 1. The van der Waals surface area contributed by atoms with Gasteiger partial charge in [-0.25, -0.2) is 0 Å². The van der Waals surface area contributed by atoms with Gasteiger partial charge in [-0.15, -0.1) is 0 Å². The van der Waals surface area contributed by atoms with E-state index in [1.165, 1.54) is 11.0 Å². The highest BCUT2D eigenvalue weighted by Crippen LogP contribution is 2.35. The van der Waals surface area contributed by atoms with E-state index in [1.807, 2.05) is 0 Å². The zero-order chi connectivity index (χ0) is 14.2. The smallest absolute Gasteiger partial charge is 0.311 e. The van der Waals surface area contributed by atoms with Crippen LogP contribution in [0.2, 0.25) is 0 Å². The molecule has 1 amide bonds. The molecule has 0 aliphatic carbocycles. The number of carbonyl (C=O) groups is 1. The van der Waals surface area contributed by atoms with Gasteiger partial charge in [0, 0.05) is 16.7 Å². The Kier molecular flexibility index (Phi) is 4.25. The minimum absolute atomic E-state index is 0.197. The Morgan fingerprint density at radius 2 is 1.95 bits per heavy atom. The highest BCUT2D eigenvalue weighted by atomic mass is 79.9. The van der Waals surface area contributed by atoms with Crippen LogP contribution in [-0.4, -0.2) is 17.3 Å². The second kappa shape index (κ2) is 5.44. The molecule has 1 aromatic rings. The fourth-order valence-corrected chi connectivity index (χ4v) is 3.03. The topological polar surface area (TPSA) is 20.3 Å². The standard InChI is InChI=1S/C12H10Br2F3NO/c13-8-4-7(12(15,16)17)5-9(6-8)18-3-1-2-10(14)11(18)19/h4-6,10H,1-3H2. The van der Waals surface area contributed by atoms with E-state index in [1.54, 1.807) is 0 Å². The summed E-state index contributed by atoms with van der Waals surface area (Å²) in [5.41, 5.74) is -0.489. The molecule has 0 aromatic heterocycles. The maximum atomic E-state index is 12.8. The normalized spacial score (nSPS) is 20.8. The third-order valence-electron chi connectivity index (χ3n) is 2.89. The SMILES string of the molecule is O=C1C(Br)CCCN1c1cc(Br)cc(C(F)(F)F)c1. The second-order valence-electron chi connectivity index (χ2n) is 4.30. The largest absolute Gasteiger partial charge is 0.416 e. The van der Waals surface area contributed by atoms with Gasteiger partial charge in [-0.3, -0.25) is 4.79 Å². The van der Waals surface area contributed by atoms with Crippen LogP contribution < -0.4 is 4.90 Å². The van der Waals surface area contributed by atoms with E-state index < -0.39 is 11.7 Å². The maximum Gasteiger partial charge on any atom is 0.416 e. The predicted octanol–water partition coefficient (Wildman–Crippen LogP) is 4.36. The number of hydrogen-bond acceptors (Lipinski definition) is 1. The zero-order valence-corrected chi connectivity index (χ0v) is 12.8. The fourth-order valence-electron chi connectivity index (χ4n) is 1.98. The summed E-state index contributed by atoms with van der Waals surface area (Å²) in [4.78, 5) is 13.0. The van der Waals surface area contributed by atoms with E-state index in [4.69, 9.17) is 0 Å². The van der Waals surface area contributed by atoms with E-state index in [9.17, 15) is 18.0 Å². The third kappa shape index (κ3) is 3.31. The van der Waals surface area contributed by atoms with Gasteiger partial charge in [0.2, 0.25) is 5.91 Å². The van der Waals surface area contributed by atoms with Crippen molar-refractivity contribution in [3.63, 3.8) is 0 Å². The summed E-state index contributed by atoms with van der Waals surface area (Å²) >= 11 is 6.30. The summed E-state index contributed by atoms with van der Waals surface area (Å²) in [5.74, 6) is -0.197. The minimum Gasteiger partial charge on any atom is -0.311 e. The molecule has 0 bridgehead atoms. The van der Waals surface area contributed by atoms with Gasteiger partial charge in [-0.05, 0) is 31.0 Å². The first-order valence-electron chi connectivity index (χ1n) is 5.62. The van der Waals surface area contributed by atoms with E-state index in [2.05, 4.69) is 31.9 Å². The molecule has 1 fully saturated rings. The molecule has 2 rings (SSSR count). The Morgan fingerprint density at radius 3 is 2.58 bits per heavy atom. The number of alkyl halides is 4. The first-order chi connectivity index (χ1) is 8.79. The summed E-state index contributed by atoms with van der Waals surface area (Å²) in [7, 11) is 0. The zero-order valence-electron chi connectivity index (χ0n) is 9.68. The summed E-state index contributed by atoms with van der Waals surface area (Å²) in [6.07, 6.45) is -2.96. The monoisotopic (exact) mass is 399 g/mol. The van der Waals surface area contributed by atoms with Gasteiger partial charge in [0.15, 0.2) is 0 Å². The lowest BCUT2D eigenvalue weighted by Gasteiger charge is -2.30. The number of piperidine rings is 1. The molecule has 0 saturated carbocycles. The second-order valence-corrected chi connectivity index (χ2v) is 6.32. The van der Waals surface area contributed by atoms with Gasteiger partial charge in [0.05, 0.1) is 10.4 Å². The van der Waals surface area contributed by atoms with E-state index in [0.29, 0.717) is 17.4 Å². The number of anilines is 1. The lowest BCUT2D eigenvalue weighted by Crippen LogP contribution is -2.41. The molecule has 104 valence electrons. The van der Waals surface area contributed by atoms with Crippen molar-refractivity contribution < 1.29 is 18.0 Å². The minimum atomic E-state index is -4.43. The van der Waals surface area contributed by atoms with E-state index in [0.717, 1.165) is 18.6 Å². The highest BCUT2D eigenvalue weighted by molar-refractivity contribution is 9.10. The molecule has 2 nitrogen and oxygen atoms in total. The van der Waals surface area contributed by atoms with Crippen LogP contribution in [0.25, 0.3) is 0 Å². The van der Waals surface area contributed by atoms with Crippen LogP contribution in [0, 0.1) is 0 Å². The Hall–Kier alpha value is -0.560. The highest BCUT2D eigenvalue weighted by Gasteiger charge is 2.33. The number of nitrogens with zero attached hydrogens (tertiary/aromatic N) is 1. The number of amides is 1. The quantitative estimate of drug-likeness (QED) is 0.641. The van der Waals surface area contributed by atoms with Gasteiger partial charge in [-0.1, -0.05) is 31.9 Å². The molecule has 1 saturated heterocycles. The van der Waals surface area contributed by atoms with Gasteiger partial charge >= 0.3 is 6.18 Å². The molecule has 1 aromatic carbocycles. The average Bonchev–Trinajstić information content (AvgIpc) is 2.31. The van der Waals surface area contributed by atoms with Crippen molar-refractivity contribution in [2.45, 2.75) is 23.8 Å². The Bertz CT molecular complexity index is 504. The van der Waals surface area contributed by atoms with Crippen LogP contribution in [0.1, 0.15) is 18.4 Å². The molecule has 1 aliphatic rings. The molecular formula is C12H10Br2F3NO. The van der Waals surface area contributed by atoms with Crippen LogP contribution in [0.3, 0.4) is 0 Å². The van der Waals surface area contributed by atoms with Crippen LogP contribution in [0.5, 0.6) is 0 Å².